The summed E-state index contributed by atoms with van der Waals surface area (Å²) in [6.07, 6.45) is 5.51. The molecule has 31 heavy (non-hydrogen) atoms. The molecule has 0 aliphatic heterocycles. The first-order valence-corrected chi connectivity index (χ1v) is 10.1. The Balaban J connectivity index is 1.21. The summed E-state index contributed by atoms with van der Waals surface area (Å²) in [5.74, 6) is -0.0948. The van der Waals surface area contributed by atoms with Gasteiger partial charge in [0.25, 0.3) is 5.91 Å². The van der Waals surface area contributed by atoms with Crippen LogP contribution in [0.1, 0.15) is 21.5 Å². The number of fused-ring (bicyclic) bond motifs is 1. The number of carbonyl (C=O) groups excluding carboxylic acids is 1. The van der Waals surface area contributed by atoms with E-state index in [1.165, 1.54) is 5.56 Å². The zero-order valence-corrected chi connectivity index (χ0v) is 16.8. The van der Waals surface area contributed by atoms with E-state index in [1.54, 1.807) is 12.5 Å². The van der Waals surface area contributed by atoms with Gasteiger partial charge in [0.05, 0.1) is 17.6 Å². The molecule has 0 saturated heterocycles. The minimum absolute atomic E-state index is 0.0948. The molecule has 0 fully saturated rings. The number of imidazole rings is 1. The number of rotatable bonds is 6. The Morgan fingerprint density at radius 1 is 0.871 bits per heavy atom. The fraction of sp³-hybridized carbons (Fsp3) is 0.0800. The van der Waals surface area contributed by atoms with Crippen LogP contribution in [-0.2, 0) is 13.1 Å². The van der Waals surface area contributed by atoms with Gasteiger partial charge in [0.15, 0.2) is 0 Å². The van der Waals surface area contributed by atoms with Gasteiger partial charge in [-0.05, 0) is 53.6 Å². The lowest BCUT2D eigenvalue weighted by molar-refractivity contribution is 0.0951. The highest BCUT2D eigenvalue weighted by atomic mass is 16.1. The highest BCUT2D eigenvalue weighted by molar-refractivity contribution is 5.94. The van der Waals surface area contributed by atoms with Gasteiger partial charge in [0, 0.05) is 30.2 Å². The third kappa shape index (κ3) is 4.09. The zero-order valence-electron chi connectivity index (χ0n) is 16.8. The summed E-state index contributed by atoms with van der Waals surface area (Å²) in [6.45, 7) is 1.22. The maximum absolute atomic E-state index is 12.6. The number of hydrogen-bond acceptors (Lipinski definition) is 3. The average Bonchev–Trinajstić information content (AvgIpc) is 3.48. The van der Waals surface area contributed by atoms with E-state index in [-0.39, 0.29) is 5.91 Å². The minimum atomic E-state index is -0.0948. The molecule has 6 heteroatoms. The molecular formula is C25H21N5O. The van der Waals surface area contributed by atoms with E-state index in [9.17, 15) is 4.79 Å². The van der Waals surface area contributed by atoms with E-state index >= 15 is 0 Å². The van der Waals surface area contributed by atoms with Crippen molar-refractivity contribution in [3.05, 3.63) is 114 Å². The number of para-hydroxylation sites is 2. The predicted octanol–water partition coefficient (Wildman–Crippen LogP) is 4.20. The van der Waals surface area contributed by atoms with Gasteiger partial charge >= 0.3 is 0 Å². The number of amides is 1. The molecule has 1 N–H and O–H groups in total. The van der Waals surface area contributed by atoms with Crippen molar-refractivity contribution in [2.24, 2.45) is 0 Å². The number of hydrogen-bond donors (Lipinski definition) is 1. The van der Waals surface area contributed by atoms with Crippen LogP contribution >= 0.6 is 0 Å². The molecule has 0 bridgehead atoms. The molecule has 0 unspecified atom stereocenters. The second-order valence-corrected chi connectivity index (χ2v) is 7.35. The van der Waals surface area contributed by atoms with E-state index in [0.717, 1.165) is 28.8 Å². The molecule has 2 aromatic heterocycles. The lowest BCUT2D eigenvalue weighted by atomic mass is 10.1. The lowest BCUT2D eigenvalue weighted by Crippen LogP contribution is -2.22. The molecule has 152 valence electrons. The lowest BCUT2D eigenvalue weighted by Gasteiger charge is -2.08. The predicted molar refractivity (Wildman–Crippen MR) is 120 cm³/mol. The van der Waals surface area contributed by atoms with Crippen molar-refractivity contribution in [1.29, 1.82) is 0 Å². The Morgan fingerprint density at radius 2 is 1.65 bits per heavy atom. The van der Waals surface area contributed by atoms with Crippen molar-refractivity contribution >= 4 is 16.9 Å². The average molecular weight is 407 g/mol. The van der Waals surface area contributed by atoms with Gasteiger partial charge in [0.1, 0.15) is 6.33 Å². The summed E-state index contributed by atoms with van der Waals surface area (Å²) in [4.78, 5) is 17.0. The van der Waals surface area contributed by atoms with Gasteiger partial charge in [-0.3, -0.25) is 14.0 Å². The van der Waals surface area contributed by atoms with Gasteiger partial charge in [-0.2, -0.15) is 5.10 Å². The Morgan fingerprint density at radius 3 is 2.42 bits per heavy atom. The highest BCUT2D eigenvalue weighted by Gasteiger charge is 2.08. The van der Waals surface area contributed by atoms with Gasteiger partial charge in [-0.15, -0.1) is 0 Å². The first kappa shape index (κ1) is 18.8. The molecular weight excluding hydrogens is 386 g/mol. The Bertz CT molecular complexity index is 1300. The maximum Gasteiger partial charge on any atom is 0.251 e. The first-order valence-electron chi connectivity index (χ1n) is 10.1. The summed E-state index contributed by atoms with van der Waals surface area (Å²) < 4.78 is 3.90. The third-order valence-corrected chi connectivity index (χ3v) is 5.24. The summed E-state index contributed by atoms with van der Waals surface area (Å²) in [5, 5.41) is 7.21. The molecule has 5 aromatic rings. The maximum atomic E-state index is 12.6. The second-order valence-electron chi connectivity index (χ2n) is 7.35. The van der Waals surface area contributed by atoms with Crippen LogP contribution in [-0.4, -0.2) is 25.2 Å². The molecule has 0 spiro atoms. The largest absolute Gasteiger partial charge is 0.348 e. The molecule has 0 aliphatic rings. The summed E-state index contributed by atoms with van der Waals surface area (Å²) in [6, 6.07) is 25.6. The van der Waals surface area contributed by atoms with Crippen molar-refractivity contribution in [3.8, 4) is 5.69 Å². The first-order chi connectivity index (χ1) is 15.3. The number of aromatic nitrogens is 4. The topological polar surface area (TPSA) is 64.7 Å². The number of benzene rings is 3. The van der Waals surface area contributed by atoms with Crippen LogP contribution in [0.3, 0.4) is 0 Å². The SMILES string of the molecule is O=C(NCc1ccc(Cn2cccn2)cc1)c1ccc(-n2cnc3ccccc32)cc1. The standard InChI is InChI=1S/C25H21N5O/c31-25(26-16-19-6-8-20(9-7-19)17-29-15-3-14-28-29)21-10-12-22(13-11-21)30-18-27-23-4-1-2-5-24(23)30/h1-15,18H,16-17H2,(H,26,31). The van der Waals surface area contributed by atoms with Crippen LogP contribution in [0.5, 0.6) is 0 Å². The normalized spacial score (nSPS) is 11.0. The number of carbonyl (C=O) groups is 1. The smallest absolute Gasteiger partial charge is 0.251 e. The van der Waals surface area contributed by atoms with E-state index in [0.29, 0.717) is 12.1 Å². The molecule has 2 heterocycles. The molecule has 0 radical (unpaired) electrons. The fourth-order valence-electron chi connectivity index (χ4n) is 3.57. The van der Waals surface area contributed by atoms with Gasteiger partial charge in [0.2, 0.25) is 0 Å². The number of nitrogens with one attached hydrogen (secondary N) is 1. The van der Waals surface area contributed by atoms with E-state index in [4.69, 9.17) is 0 Å². The summed E-state index contributed by atoms with van der Waals surface area (Å²) >= 11 is 0. The fourth-order valence-corrected chi connectivity index (χ4v) is 3.57. The molecule has 0 atom stereocenters. The van der Waals surface area contributed by atoms with Crippen molar-refractivity contribution in [2.45, 2.75) is 13.1 Å². The third-order valence-electron chi connectivity index (χ3n) is 5.24. The van der Waals surface area contributed by atoms with Crippen molar-refractivity contribution in [2.75, 3.05) is 0 Å². The second kappa shape index (κ2) is 8.28. The Hall–Kier alpha value is -4.19. The van der Waals surface area contributed by atoms with Crippen LogP contribution in [0, 0.1) is 0 Å². The van der Waals surface area contributed by atoms with Crippen LogP contribution in [0.25, 0.3) is 16.7 Å². The van der Waals surface area contributed by atoms with Crippen LogP contribution in [0.4, 0.5) is 0 Å². The molecule has 6 nitrogen and oxygen atoms in total. The van der Waals surface area contributed by atoms with Crippen LogP contribution in [0.2, 0.25) is 0 Å². The molecule has 1 amide bonds. The summed E-state index contributed by atoms with van der Waals surface area (Å²) in [7, 11) is 0. The molecule has 0 aliphatic carbocycles. The van der Waals surface area contributed by atoms with E-state index in [1.807, 2.05) is 82.2 Å². The van der Waals surface area contributed by atoms with Crippen molar-refractivity contribution in [3.63, 3.8) is 0 Å². The monoisotopic (exact) mass is 407 g/mol. The van der Waals surface area contributed by atoms with Crippen molar-refractivity contribution < 1.29 is 4.79 Å². The zero-order chi connectivity index (χ0) is 21.0. The van der Waals surface area contributed by atoms with Crippen molar-refractivity contribution in [1.82, 2.24) is 24.6 Å². The summed E-state index contributed by atoms with van der Waals surface area (Å²) in [5.41, 5.74) is 5.80. The molecule has 5 rings (SSSR count). The molecule has 0 saturated carbocycles. The van der Waals surface area contributed by atoms with Gasteiger partial charge < -0.3 is 5.32 Å². The van der Waals surface area contributed by atoms with E-state index in [2.05, 4.69) is 27.5 Å². The Kier molecular flexibility index (Phi) is 5.02. The van der Waals surface area contributed by atoms with Gasteiger partial charge in [-0.1, -0.05) is 36.4 Å². The Labute approximate surface area is 179 Å². The van der Waals surface area contributed by atoms with Crippen LogP contribution < -0.4 is 5.32 Å². The van der Waals surface area contributed by atoms with Gasteiger partial charge in [-0.25, -0.2) is 4.98 Å². The molecule has 3 aromatic carbocycles. The number of nitrogens with zero attached hydrogens (tertiary/aromatic N) is 4. The van der Waals surface area contributed by atoms with Crippen LogP contribution in [0.15, 0.2) is 97.6 Å². The van der Waals surface area contributed by atoms with E-state index < -0.39 is 0 Å². The highest BCUT2D eigenvalue weighted by Crippen LogP contribution is 2.18. The minimum Gasteiger partial charge on any atom is -0.348 e. The quantitative estimate of drug-likeness (QED) is 0.459.